The Labute approximate surface area is 140 Å². The maximum Gasteiger partial charge on any atom is 0.252 e. The summed E-state index contributed by atoms with van der Waals surface area (Å²) < 4.78 is 10.1. The minimum Gasteiger partial charge on any atom is -0.375 e. The van der Waals surface area contributed by atoms with Gasteiger partial charge < -0.3 is 14.2 Å². The Morgan fingerprint density at radius 2 is 2.08 bits per heavy atom. The van der Waals surface area contributed by atoms with Gasteiger partial charge in [-0.3, -0.25) is 4.90 Å². The third kappa shape index (κ3) is 3.18. The molecule has 1 saturated heterocycles. The van der Waals surface area contributed by atoms with Crippen molar-refractivity contribution < 1.29 is 9.26 Å². The summed E-state index contributed by atoms with van der Waals surface area (Å²) in [6, 6.07) is 8.20. The van der Waals surface area contributed by atoms with Gasteiger partial charge in [-0.2, -0.15) is 4.98 Å². The van der Waals surface area contributed by atoms with Gasteiger partial charge in [0.2, 0.25) is 0 Å². The van der Waals surface area contributed by atoms with Gasteiger partial charge in [0.1, 0.15) is 12.4 Å². The molecular formula is C17H21N5O2. The van der Waals surface area contributed by atoms with Crippen molar-refractivity contribution in [1.82, 2.24) is 25.0 Å². The zero-order valence-electron chi connectivity index (χ0n) is 13.7. The molecule has 126 valence electrons. The molecule has 3 heterocycles. The zero-order valence-corrected chi connectivity index (χ0v) is 13.7. The van der Waals surface area contributed by atoms with E-state index >= 15 is 0 Å². The van der Waals surface area contributed by atoms with Gasteiger partial charge in [0.15, 0.2) is 5.82 Å². The molecule has 3 aromatic rings. The molecule has 0 saturated carbocycles. The quantitative estimate of drug-likeness (QED) is 0.775. The van der Waals surface area contributed by atoms with Crippen LogP contribution in [0.5, 0.6) is 0 Å². The first kappa shape index (κ1) is 15.3. The number of imidazole rings is 1. The lowest BCUT2D eigenvalue weighted by Crippen LogP contribution is -2.33. The van der Waals surface area contributed by atoms with Crippen LogP contribution in [-0.2, 0) is 17.9 Å². The first-order chi connectivity index (χ1) is 11.8. The van der Waals surface area contributed by atoms with Gasteiger partial charge in [0.25, 0.3) is 5.89 Å². The number of nitrogens with zero attached hydrogens (tertiary/aromatic N) is 4. The van der Waals surface area contributed by atoms with Crippen LogP contribution in [0.3, 0.4) is 0 Å². The molecular weight excluding hydrogens is 306 g/mol. The van der Waals surface area contributed by atoms with Crippen molar-refractivity contribution in [3.8, 4) is 0 Å². The third-order valence-corrected chi connectivity index (χ3v) is 4.52. The molecule has 0 aliphatic carbocycles. The summed E-state index contributed by atoms with van der Waals surface area (Å²) in [7, 11) is 1.62. The van der Waals surface area contributed by atoms with Gasteiger partial charge in [-0.15, -0.1) is 0 Å². The molecule has 0 spiro atoms. The summed E-state index contributed by atoms with van der Waals surface area (Å²) in [5.74, 6) is 2.86. The highest BCUT2D eigenvalue weighted by Gasteiger charge is 2.24. The van der Waals surface area contributed by atoms with Crippen LogP contribution in [0.2, 0.25) is 0 Å². The van der Waals surface area contributed by atoms with Crippen molar-refractivity contribution >= 4 is 11.0 Å². The Balaban J connectivity index is 1.35. The van der Waals surface area contributed by atoms with Gasteiger partial charge in [0, 0.05) is 13.0 Å². The van der Waals surface area contributed by atoms with Crippen LogP contribution in [0.4, 0.5) is 0 Å². The van der Waals surface area contributed by atoms with E-state index in [-0.39, 0.29) is 0 Å². The molecule has 1 aliphatic rings. The molecule has 1 aromatic carbocycles. The molecule has 0 unspecified atom stereocenters. The van der Waals surface area contributed by atoms with Crippen LogP contribution < -0.4 is 0 Å². The SMILES string of the molecule is COCc1nc(CN2CCC(c3nc4ccccc4[nH]3)CC2)no1. The normalized spacial score (nSPS) is 16.9. The first-order valence-electron chi connectivity index (χ1n) is 8.29. The lowest BCUT2D eigenvalue weighted by atomic mass is 9.96. The minimum absolute atomic E-state index is 0.362. The first-order valence-corrected chi connectivity index (χ1v) is 8.29. The van der Waals surface area contributed by atoms with E-state index in [4.69, 9.17) is 14.2 Å². The van der Waals surface area contributed by atoms with Gasteiger partial charge in [-0.1, -0.05) is 17.3 Å². The molecule has 1 aliphatic heterocycles. The molecule has 0 radical (unpaired) electrons. The maximum absolute atomic E-state index is 5.14. The van der Waals surface area contributed by atoms with Gasteiger partial charge in [-0.05, 0) is 38.1 Å². The number of aromatic nitrogens is 4. The van der Waals surface area contributed by atoms with E-state index in [0.717, 1.165) is 55.2 Å². The van der Waals surface area contributed by atoms with Gasteiger partial charge >= 0.3 is 0 Å². The Morgan fingerprint density at radius 3 is 2.88 bits per heavy atom. The summed E-state index contributed by atoms with van der Waals surface area (Å²) in [5, 5.41) is 4.01. The lowest BCUT2D eigenvalue weighted by molar-refractivity contribution is 0.151. The van der Waals surface area contributed by atoms with Crippen molar-refractivity contribution in [2.75, 3.05) is 20.2 Å². The Bertz CT molecular complexity index is 771. The molecule has 0 atom stereocenters. The summed E-state index contributed by atoms with van der Waals surface area (Å²) in [4.78, 5) is 14.9. The minimum atomic E-state index is 0.362. The van der Waals surface area contributed by atoms with Crippen LogP contribution in [0.25, 0.3) is 11.0 Å². The van der Waals surface area contributed by atoms with Crippen molar-refractivity contribution in [2.45, 2.75) is 31.9 Å². The maximum atomic E-state index is 5.14. The number of para-hydroxylation sites is 2. The molecule has 1 fully saturated rings. The number of H-pyrrole nitrogens is 1. The van der Waals surface area contributed by atoms with E-state index in [0.29, 0.717) is 18.4 Å². The van der Waals surface area contributed by atoms with E-state index in [1.165, 1.54) is 0 Å². The average Bonchev–Trinajstić information content (AvgIpc) is 3.22. The predicted octanol–water partition coefficient (Wildman–Crippen LogP) is 2.47. The molecule has 4 rings (SSSR count). The third-order valence-electron chi connectivity index (χ3n) is 4.52. The summed E-state index contributed by atoms with van der Waals surface area (Å²) in [6.07, 6.45) is 2.17. The smallest absolute Gasteiger partial charge is 0.252 e. The van der Waals surface area contributed by atoms with E-state index in [9.17, 15) is 0 Å². The zero-order chi connectivity index (χ0) is 16.4. The standard InChI is InChI=1S/C17H21N5O2/c1-23-11-16-20-15(21-24-16)10-22-8-6-12(7-9-22)17-18-13-4-2-3-5-14(13)19-17/h2-5,12H,6-11H2,1H3,(H,18,19). The fourth-order valence-corrected chi connectivity index (χ4v) is 3.27. The van der Waals surface area contributed by atoms with Crippen LogP contribution in [0.1, 0.15) is 36.3 Å². The number of aromatic amines is 1. The second-order valence-electron chi connectivity index (χ2n) is 6.23. The molecule has 24 heavy (non-hydrogen) atoms. The fourth-order valence-electron chi connectivity index (χ4n) is 3.27. The van der Waals surface area contributed by atoms with Crippen molar-refractivity contribution in [1.29, 1.82) is 0 Å². The lowest BCUT2D eigenvalue weighted by Gasteiger charge is -2.30. The highest BCUT2D eigenvalue weighted by atomic mass is 16.5. The molecule has 7 heteroatoms. The average molecular weight is 327 g/mol. The molecule has 7 nitrogen and oxygen atoms in total. The number of benzene rings is 1. The van der Waals surface area contributed by atoms with Gasteiger partial charge in [0.05, 0.1) is 17.6 Å². The fraction of sp³-hybridized carbons (Fsp3) is 0.471. The number of nitrogens with one attached hydrogen (secondary N) is 1. The van der Waals surface area contributed by atoms with Crippen LogP contribution in [-0.4, -0.2) is 45.2 Å². The van der Waals surface area contributed by atoms with Crippen LogP contribution >= 0.6 is 0 Å². The number of rotatable bonds is 5. The van der Waals surface area contributed by atoms with E-state index in [1.54, 1.807) is 7.11 Å². The monoisotopic (exact) mass is 327 g/mol. The topological polar surface area (TPSA) is 80.1 Å². The van der Waals surface area contributed by atoms with E-state index in [2.05, 4.69) is 32.2 Å². The van der Waals surface area contributed by atoms with E-state index in [1.807, 2.05) is 12.1 Å². The van der Waals surface area contributed by atoms with Crippen molar-refractivity contribution in [3.05, 3.63) is 41.8 Å². The molecule has 1 N–H and O–H groups in total. The Hall–Kier alpha value is -2.25. The number of ether oxygens (including phenoxy) is 1. The van der Waals surface area contributed by atoms with Crippen LogP contribution in [0, 0.1) is 0 Å². The number of fused-ring (bicyclic) bond motifs is 1. The summed E-state index contributed by atoms with van der Waals surface area (Å²) in [6.45, 7) is 3.10. The number of likely N-dealkylation sites (tertiary alicyclic amines) is 1. The van der Waals surface area contributed by atoms with Crippen molar-refractivity contribution in [2.24, 2.45) is 0 Å². The number of methoxy groups -OCH3 is 1. The predicted molar refractivity (Wildman–Crippen MR) is 88.4 cm³/mol. The van der Waals surface area contributed by atoms with Crippen LogP contribution in [0.15, 0.2) is 28.8 Å². The highest BCUT2D eigenvalue weighted by Crippen LogP contribution is 2.28. The summed E-state index contributed by atoms with van der Waals surface area (Å²) >= 11 is 0. The van der Waals surface area contributed by atoms with Gasteiger partial charge in [-0.25, -0.2) is 4.98 Å². The largest absolute Gasteiger partial charge is 0.375 e. The number of piperidine rings is 1. The van der Waals surface area contributed by atoms with E-state index < -0.39 is 0 Å². The van der Waals surface area contributed by atoms with Crippen molar-refractivity contribution in [3.63, 3.8) is 0 Å². The molecule has 0 bridgehead atoms. The molecule has 2 aromatic heterocycles. The highest BCUT2D eigenvalue weighted by molar-refractivity contribution is 5.74. The Morgan fingerprint density at radius 1 is 1.25 bits per heavy atom. The second-order valence-corrected chi connectivity index (χ2v) is 6.23. The summed E-state index contributed by atoms with van der Waals surface area (Å²) in [5.41, 5.74) is 2.17. The molecule has 0 amide bonds. The Kier molecular flexibility index (Phi) is 4.27. The number of hydrogen-bond donors (Lipinski definition) is 1. The second kappa shape index (κ2) is 6.70. The number of hydrogen-bond acceptors (Lipinski definition) is 6.